The van der Waals surface area contributed by atoms with Crippen LogP contribution in [0.5, 0.6) is 0 Å². The second-order valence-electron chi connectivity index (χ2n) is 7.69. The first-order valence-electron chi connectivity index (χ1n) is 9.82. The van der Waals surface area contributed by atoms with Crippen molar-refractivity contribution in [3.05, 3.63) is 36.7 Å². The van der Waals surface area contributed by atoms with Crippen molar-refractivity contribution < 1.29 is 0 Å². The van der Waals surface area contributed by atoms with Crippen molar-refractivity contribution >= 4 is 5.95 Å². The van der Waals surface area contributed by atoms with Gasteiger partial charge in [0.1, 0.15) is 0 Å². The van der Waals surface area contributed by atoms with Gasteiger partial charge in [-0.3, -0.25) is 9.88 Å². The largest absolute Gasteiger partial charge is 0.338 e. The highest BCUT2D eigenvalue weighted by Crippen LogP contribution is 2.31. The molecule has 0 aliphatic carbocycles. The Kier molecular flexibility index (Phi) is 4.30. The van der Waals surface area contributed by atoms with E-state index in [9.17, 15) is 0 Å². The zero-order chi connectivity index (χ0) is 17.3. The molecule has 26 heavy (non-hydrogen) atoms. The van der Waals surface area contributed by atoms with E-state index in [0.29, 0.717) is 0 Å². The van der Waals surface area contributed by atoms with Crippen LogP contribution in [0.1, 0.15) is 12.8 Å². The third-order valence-electron chi connectivity index (χ3n) is 6.26. The number of pyridine rings is 1. The van der Waals surface area contributed by atoms with Gasteiger partial charge in [-0.15, -0.1) is 0 Å². The van der Waals surface area contributed by atoms with Crippen molar-refractivity contribution in [3.8, 4) is 11.4 Å². The molecule has 6 rings (SSSR count). The van der Waals surface area contributed by atoms with Gasteiger partial charge >= 0.3 is 0 Å². The van der Waals surface area contributed by atoms with Crippen molar-refractivity contribution in [2.24, 2.45) is 5.92 Å². The molecular formula is C20H26N6. The molecule has 1 unspecified atom stereocenters. The minimum Gasteiger partial charge on any atom is -0.338 e. The van der Waals surface area contributed by atoms with Gasteiger partial charge in [-0.05, 0) is 50.0 Å². The topological polar surface area (TPSA) is 48.4 Å². The molecule has 136 valence electrons. The minimum atomic E-state index is 0.764. The number of nitrogens with zero attached hydrogens (tertiary/aromatic N) is 6. The van der Waals surface area contributed by atoms with Gasteiger partial charge in [0.25, 0.3) is 0 Å². The van der Waals surface area contributed by atoms with Gasteiger partial charge in [-0.1, -0.05) is 6.07 Å². The van der Waals surface area contributed by atoms with E-state index >= 15 is 0 Å². The van der Waals surface area contributed by atoms with Crippen LogP contribution in [-0.4, -0.2) is 76.6 Å². The molecule has 4 aliphatic heterocycles. The van der Waals surface area contributed by atoms with Crippen LogP contribution in [0.2, 0.25) is 0 Å². The van der Waals surface area contributed by atoms with Gasteiger partial charge in [0.05, 0.1) is 11.4 Å². The Labute approximate surface area is 154 Å². The highest BCUT2D eigenvalue weighted by molar-refractivity contribution is 5.55. The molecule has 6 nitrogen and oxygen atoms in total. The molecule has 0 aromatic carbocycles. The number of aromatic nitrogens is 3. The standard InChI is InChI=1S/C20H26N6/c1-2-7-21-17(3-1)18-4-8-22-20(23-18)26-13-11-25(12-14-26)19-15-24-9-5-16(19)6-10-24/h1-4,7-8,16,19H,5-6,9-15H2. The summed E-state index contributed by atoms with van der Waals surface area (Å²) < 4.78 is 0. The molecule has 0 amide bonds. The average molecular weight is 350 g/mol. The molecule has 0 N–H and O–H groups in total. The maximum absolute atomic E-state index is 4.77. The Balaban J connectivity index is 1.26. The van der Waals surface area contributed by atoms with E-state index < -0.39 is 0 Å². The van der Waals surface area contributed by atoms with E-state index in [0.717, 1.165) is 55.5 Å². The molecule has 6 heteroatoms. The predicted octanol–water partition coefficient (Wildman–Crippen LogP) is 1.75. The molecule has 0 saturated carbocycles. The lowest BCUT2D eigenvalue weighted by atomic mass is 9.83. The summed E-state index contributed by atoms with van der Waals surface area (Å²) in [6.07, 6.45) is 6.44. The first kappa shape index (κ1) is 16.1. The second kappa shape index (κ2) is 6.93. The Bertz CT molecular complexity index is 735. The zero-order valence-electron chi connectivity index (χ0n) is 15.2. The van der Waals surface area contributed by atoms with Gasteiger partial charge < -0.3 is 9.80 Å². The van der Waals surface area contributed by atoms with Crippen LogP contribution in [0.3, 0.4) is 0 Å². The third kappa shape index (κ3) is 3.08. The zero-order valence-corrected chi connectivity index (χ0v) is 15.2. The van der Waals surface area contributed by atoms with Crippen LogP contribution in [0.4, 0.5) is 5.95 Å². The summed E-state index contributed by atoms with van der Waals surface area (Å²) in [5.74, 6) is 1.75. The summed E-state index contributed by atoms with van der Waals surface area (Å²) in [4.78, 5) is 21.4. The van der Waals surface area contributed by atoms with E-state index in [4.69, 9.17) is 4.98 Å². The lowest BCUT2D eigenvalue weighted by Crippen LogP contribution is -2.61. The quantitative estimate of drug-likeness (QED) is 0.841. The SMILES string of the molecule is c1ccc(-c2ccnc(N3CCN(C4CN5CCC4CC5)CC3)n2)nc1. The summed E-state index contributed by atoms with van der Waals surface area (Å²) in [5.41, 5.74) is 1.80. The van der Waals surface area contributed by atoms with E-state index in [-0.39, 0.29) is 0 Å². The smallest absolute Gasteiger partial charge is 0.225 e. The molecule has 2 aromatic rings. The Morgan fingerprint density at radius 3 is 2.35 bits per heavy atom. The molecule has 1 atom stereocenters. The molecule has 2 aromatic heterocycles. The Morgan fingerprint density at radius 1 is 0.808 bits per heavy atom. The highest BCUT2D eigenvalue weighted by Gasteiger charge is 2.38. The average Bonchev–Trinajstić information content (AvgIpc) is 2.75. The second-order valence-corrected chi connectivity index (χ2v) is 7.69. The maximum atomic E-state index is 4.77. The molecular weight excluding hydrogens is 324 g/mol. The molecule has 2 bridgehead atoms. The number of hydrogen-bond acceptors (Lipinski definition) is 6. The van der Waals surface area contributed by atoms with Gasteiger partial charge in [0.2, 0.25) is 5.95 Å². The predicted molar refractivity (Wildman–Crippen MR) is 102 cm³/mol. The third-order valence-corrected chi connectivity index (χ3v) is 6.26. The highest BCUT2D eigenvalue weighted by atomic mass is 15.3. The monoisotopic (exact) mass is 350 g/mol. The molecule has 0 radical (unpaired) electrons. The summed E-state index contributed by atoms with van der Waals surface area (Å²) in [7, 11) is 0. The van der Waals surface area contributed by atoms with Crippen molar-refractivity contribution in [2.45, 2.75) is 18.9 Å². The lowest BCUT2D eigenvalue weighted by Gasteiger charge is -2.51. The molecule has 4 saturated heterocycles. The van der Waals surface area contributed by atoms with Crippen LogP contribution < -0.4 is 4.90 Å². The van der Waals surface area contributed by atoms with Gasteiger partial charge in [0.15, 0.2) is 0 Å². The van der Waals surface area contributed by atoms with Gasteiger partial charge in [-0.25, -0.2) is 9.97 Å². The summed E-state index contributed by atoms with van der Waals surface area (Å²) in [6.45, 7) is 8.16. The van der Waals surface area contributed by atoms with Crippen LogP contribution in [-0.2, 0) is 0 Å². The van der Waals surface area contributed by atoms with Crippen molar-refractivity contribution in [2.75, 3.05) is 50.7 Å². The van der Waals surface area contributed by atoms with E-state index in [2.05, 4.69) is 24.7 Å². The molecule has 4 fully saturated rings. The van der Waals surface area contributed by atoms with Crippen LogP contribution in [0, 0.1) is 5.92 Å². The Morgan fingerprint density at radius 2 is 1.65 bits per heavy atom. The van der Waals surface area contributed by atoms with Crippen LogP contribution >= 0.6 is 0 Å². The molecule has 4 aliphatic rings. The first-order valence-corrected chi connectivity index (χ1v) is 9.82. The van der Waals surface area contributed by atoms with E-state index in [1.165, 1.54) is 32.5 Å². The number of piperidine rings is 3. The molecule has 6 heterocycles. The summed E-state index contributed by atoms with van der Waals surface area (Å²) >= 11 is 0. The number of anilines is 1. The van der Waals surface area contributed by atoms with Crippen LogP contribution in [0.15, 0.2) is 36.7 Å². The fourth-order valence-corrected chi connectivity index (χ4v) is 4.76. The normalized spacial score (nSPS) is 29.1. The lowest BCUT2D eigenvalue weighted by molar-refractivity contribution is 0.00301. The minimum absolute atomic E-state index is 0.764. The van der Waals surface area contributed by atoms with Crippen molar-refractivity contribution in [1.82, 2.24) is 24.8 Å². The molecule has 0 spiro atoms. The Hall–Kier alpha value is -2.05. The number of fused-ring (bicyclic) bond motifs is 3. The van der Waals surface area contributed by atoms with Gasteiger partial charge in [0, 0.05) is 51.2 Å². The van der Waals surface area contributed by atoms with Crippen LogP contribution in [0.25, 0.3) is 11.4 Å². The first-order chi connectivity index (χ1) is 12.9. The van der Waals surface area contributed by atoms with E-state index in [1.54, 1.807) is 0 Å². The fraction of sp³-hybridized carbons (Fsp3) is 0.550. The number of hydrogen-bond donors (Lipinski definition) is 0. The van der Waals surface area contributed by atoms with Crippen molar-refractivity contribution in [3.63, 3.8) is 0 Å². The van der Waals surface area contributed by atoms with Crippen molar-refractivity contribution in [1.29, 1.82) is 0 Å². The summed E-state index contributed by atoms with van der Waals surface area (Å²) in [5, 5.41) is 0. The van der Waals surface area contributed by atoms with E-state index in [1.807, 2.05) is 36.7 Å². The fourth-order valence-electron chi connectivity index (χ4n) is 4.76. The maximum Gasteiger partial charge on any atom is 0.225 e. The van der Waals surface area contributed by atoms with Gasteiger partial charge in [-0.2, -0.15) is 0 Å². The number of piperazine rings is 1. The summed E-state index contributed by atoms with van der Waals surface area (Å²) in [6, 6.07) is 8.63. The number of rotatable bonds is 3.